The minimum absolute atomic E-state index is 0.133. The van der Waals surface area contributed by atoms with Gasteiger partial charge in [-0.2, -0.15) is 0 Å². The number of carbonyl (C=O) groups excluding carboxylic acids is 3. The third-order valence-electron chi connectivity index (χ3n) is 6.17. The fourth-order valence-corrected chi connectivity index (χ4v) is 3.87. The second-order valence-electron chi connectivity index (χ2n) is 9.10. The molecule has 40 heavy (non-hydrogen) atoms. The van der Waals surface area contributed by atoms with Gasteiger partial charge in [0.15, 0.2) is 0 Å². The average Bonchev–Trinajstić information content (AvgIpc) is 2.97. The Labute approximate surface area is 233 Å². The van der Waals surface area contributed by atoms with E-state index in [0.717, 1.165) is 11.1 Å². The molecule has 0 aliphatic rings. The van der Waals surface area contributed by atoms with Crippen LogP contribution < -0.4 is 25.4 Å². The Morgan fingerprint density at radius 3 is 1.88 bits per heavy atom. The number of hydrogen-bond donors (Lipinski definition) is 5. The molecule has 0 fully saturated rings. The number of methoxy groups -OCH3 is 2. The molecule has 3 rings (SSSR count). The van der Waals surface area contributed by atoms with Crippen LogP contribution in [-0.2, 0) is 22.4 Å². The molecule has 11 nitrogen and oxygen atoms in total. The maximum atomic E-state index is 13.3. The summed E-state index contributed by atoms with van der Waals surface area (Å²) in [6.45, 7) is 1.46. The summed E-state index contributed by atoms with van der Waals surface area (Å²) in [5.74, 6) is -1.51. The summed E-state index contributed by atoms with van der Waals surface area (Å²) < 4.78 is 10.3. The molecule has 3 atom stereocenters. The molecule has 5 N–H and O–H groups in total. The smallest absolute Gasteiger partial charge is 0.475 e. The van der Waals surface area contributed by atoms with Crippen LogP contribution in [0.2, 0.25) is 0 Å². The molecule has 1 heterocycles. The van der Waals surface area contributed by atoms with Crippen LogP contribution in [0.25, 0.3) is 0 Å². The predicted octanol–water partition coefficient (Wildman–Crippen LogP) is 0.684. The van der Waals surface area contributed by atoms with Crippen molar-refractivity contribution in [3.63, 3.8) is 0 Å². The first-order valence-corrected chi connectivity index (χ1v) is 12.6. The highest BCUT2D eigenvalue weighted by atomic mass is 16.5. The standard InChI is InChI=1S/C28H33BN4O7/c1-18(26(34)33-25(29(37)38)17-20-9-13-22(40-3)14-10-20)31-28(36)24(16-19-7-11-21(39-2)12-8-19)32-27(35)23-6-4-5-15-30-23/h4-15,18,24-25,37-38H,16-17H2,1-3H3,(H,31,36)(H,32,35)(H,33,34)/t18-,24-,25-/m0/s1. The Hall–Kier alpha value is -4.42. The number of ether oxygens (including phenoxy) is 2. The molecule has 12 heteroatoms. The van der Waals surface area contributed by atoms with Gasteiger partial charge >= 0.3 is 7.12 Å². The van der Waals surface area contributed by atoms with Crippen LogP contribution in [0.1, 0.15) is 28.5 Å². The van der Waals surface area contributed by atoms with Gasteiger partial charge in [-0.05, 0) is 60.9 Å². The third kappa shape index (κ3) is 8.82. The fourth-order valence-electron chi connectivity index (χ4n) is 3.87. The molecule has 2 aromatic carbocycles. The van der Waals surface area contributed by atoms with Crippen molar-refractivity contribution in [2.45, 2.75) is 37.8 Å². The number of hydrogen-bond acceptors (Lipinski definition) is 8. The van der Waals surface area contributed by atoms with Gasteiger partial charge in [-0.3, -0.25) is 19.4 Å². The highest BCUT2D eigenvalue weighted by Gasteiger charge is 2.30. The van der Waals surface area contributed by atoms with Gasteiger partial charge in [-0.25, -0.2) is 0 Å². The average molecular weight is 548 g/mol. The number of nitrogens with zero attached hydrogens (tertiary/aromatic N) is 1. The highest BCUT2D eigenvalue weighted by molar-refractivity contribution is 6.43. The van der Waals surface area contributed by atoms with Crippen LogP contribution in [0, 0.1) is 0 Å². The molecule has 0 bridgehead atoms. The number of carbonyl (C=O) groups is 3. The van der Waals surface area contributed by atoms with E-state index in [1.54, 1.807) is 67.8 Å². The van der Waals surface area contributed by atoms with E-state index in [9.17, 15) is 24.4 Å². The van der Waals surface area contributed by atoms with E-state index in [4.69, 9.17) is 9.47 Å². The molecule has 1 aromatic heterocycles. The molecule has 0 aliphatic carbocycles. The first kappa shape index (κ1) is 30.1. The zero-order chi connectivity index (χ0) is 29.1. The van der Waals surface area contributed by atoms with Crippen molar-refractivity contribution < 1.29 is 33.9 Å². The number of aromatic nitrogens is 1. The van der Waals surface area contributed by atoms with E-state index in [0.29, 0.717) is 11.5 Å². The topological polar surface area (TPSA) is 159 Å². The summed E-state index contributed by atoms with van der Waals surface area (Å²) in [5.41, 5.74) is 1.63. The summed E-state index contributed by atoms with van der Waals surface area (Å²) in [5, 5.41) is 27.6. The third-order valence-corrected chi connectivity index (χ3v) is 6.17. The van der Waals surface area contributed by atoms with E-state index in [2.05, 4.69) is 20.9 Å². The number of pyridine rings is 1. The molecule has 0 saturated carbocycles. The van der Waals surface area contributed by atoms with Crippen molar-refractivity contribution in [1.82, 2.24) is 20.9 Å². The molecule has 0 unspecified atom stereocenters. The number of nitrogens with one attached hydrogen (secondary N) is 3. The normalized spacial score (nSPS) is 12.8. The molecule has 0 saturated heterocycles. The van der Waals surface area contributed by atoms with Crippen molar-refractivity contribution in [3.05, 3.63) is 89.7 Å². The van der Waals surface area contributed by atoms with Gasteiger partial charge in [0, 0.05) is 12.6 Å². The zero-order valence-corrected chi connectivity index (χ0v) is 22.5. The van der Waals surface area contributed by atoms with Crippen LogP contribution in [0.4, 0.5) is 0 Å². The van der Waals surface area contributed by atoms with E-state index in [1.165, 1.54) is 26.3 Å². The summed E-state index contributed by atoms with van der Waals surface area (Å²) >= 11 is 0. The van der Waals surface area contributed by atoms with Crippen LogP contribution in [0.3, 0.4) is 0 Å². The molecular formula is C28H33BN4O7. The van der Waals surface area contributed by atoms with Gasteiger partial charge in [0.25, 0.3) is 5.91 Å². The lowest BCUT2D eigenvalue weighted by Gasteiger charge is -2.24. The van der Waals surface area contributed by atoms with Crippen molar-refractivity contribution in [2.24, 2.45) is 0 Å². The van der Waals surface area contributed by atoms with Crippen molar-refractivity contribution in [2.75, 3.05) is 14.2 Å². The lowest BCUT2D eigenvalue weighted by atomic mass is 9.76. The van der Waals surface area contributed by atoms with Gasteiger partial charge in [0.05, 0.1) is 20.2 Å². The van der Waals surface area contributed by atoms with Gasteiger partial charge in [-0.15, -0.1) is 0 Å². The Kier molecular flexibility index (Phi) is 11.0. The van der Waals surface area contributed by atoms with E-state index in [1.807, 2.05) is 0 Å². The molecule has 0 spiro atoms. The summed E-state index contributed by atoms with van der Waals surface area (Å²) in [4.78, 5) is 43.0. The summed E-state index contributed by atoms with van der Waals surface area (Å²) in [6, 6.07) is 16.8. The Morgan fingerprint density at radius 1 is 0.800 bits per heavy atom. The van der Waals surface area contributed by atoms with E-state index >= 15 is 0 Å². The molecule has 3 amide bonds. The predicted molar refractivity (Wildman–Crippen MR) is 149 cm³/mol. The zero-order valence-electron chi connectivity index (χ0n) is 22.5. The Morgan fingerprint density at radius 2 is 1.38 bits per heavy atom. The SMILES string of the molecule is COc1ccc(C[C@H](NC(=O)[C@H](C)NC(=O)[C@H](Cc2ccc(OC)cc2)NC(=O)c2ccccn2)B(O)O)cc1. The van der Waals surface area contributed by atoms with Gasteiger partial charge in [0.2, 0.25) is 11.8 Å². The van der Waals surface area contributed by atoms with Crippen molar-refractivity contribution >= 4 is 24.8 Å². The molecule has 0 aliphatic heterocycles. The molecule has 0 radical (unpaired) electrons. The Balaban J connectivity index is 1.68. The quantitative estimate of drug-likeness (QED) is 0.195. The second kappa shape index (κ2) is 14.7. The first-order valence-electron chi connectivity index (χ1n) is 12.6. The summed E-state index contributed by atoms with van der Waals surface area (Å²) in [7, 11) is 1.24. The second-order valence-corrected chi connectivity index (χ2v) is 9.10. The lowest BCUT2D eigenvalue weighted by molar-refractivity contribution is -0.129. The largest absolute Gasteiger partial charge is 0.497 e. The van der Waals surface area contributed by atoms with Gasteiger partial charge < -0.3 is 35.5 Å². The highest BCUT2D eigenvalue weighted by Crippen LogP contribution is 2.14. The number of benzene rings is 2. The fraction of sp³-hybridized carbons (Fsp3) is 0.286. The number of amides is 3. The Bertz CT molecular complexity index is 1260. The van der Waals surface area contributed by atoms with Gasteiger partial charge in [0.1, 0.15) is 29.3 Å². The van der Waals surface area contributed by atoms with Gasteiger partial charge in [-0.1, -0.05) is 30.3 Å². The van der Waals surface area contributed by atoms with Crippen LogP contribution in [-0.4, -0.2) is 72.1 Å². The minimum Gasteiger partial charge on any atom is -0.497 e. The molecular weight excluding hydrogens is 515 g/mol. The van der Waals surface area contributed by atoms with Crippen molar-refractivity contribution in [1.29, 1.82) is 0 Å². The number of rotatable bonds is 13. The molecule has 3 aromatic rings. The van der Waals surface area contributed by atoms with Crippen molar-refractivity contribution in [3.8, 4) is 11.5 Å². The lowest BCUT2D eigenvalue weighted by Crippen LogP contribution is -2.56. The molecule has 210 valence electrons. The van der Waals surface area contributed by atoms with Crippen LogP contribution in [0.15, 0.2) is 72.9 Å². The monoisotopic (exact) mass is 548 g/mol. The first-order chi connectivity index (χ1) is 19.2. The van der Waals surface area contributed by atoms with E-state index in [-0.39, 0.29) is 18.5 Å². The summed E-state index contributed by atoms with van der Waals surface area (Å²) in [6.07, 6.45) is 1.74. The van der Waals surface area contributed by atoms with Crippen LogP contribution in [0.5, 0.6) is 11.5 Å². The maximum absolute atomic E-state index is 13.3. The minimum atomic E-state index is -1.84. The maximum Gasteiger partial charge on any atom is 0.475 e. The van der Waals surface area contributed by atoms with E-state index < -0.39 is 42.9 Å². The van der Waals surface area contributed by atoms with Crippen LogP contribution >= 0.6 is 0 Å².